The van der Waals surface area contributed by atoms with E-state index in [0.29, 0.717) is 13.2 Å². The molecule has 1 N–H and O–H groups in total. The van der Waals surface area contributed by atoms with E-state index in [1.807, 2.05) is 152 Å². The zero-order chi connectivity index (χ0) is 46.9. The van der Waals surface area contributed by atoms with Crippen LogP contribution in [0.25, 0.3) is 0 Å². The molecule has 5 aromatic rings. The SMILES string of the molecule is CC(=O)O[C@@H]1[C@H](O)[C@@H](OCc2ccccc2)[C@H](O[C@H]2[C@H](OCc3ccccc3)[C@@H](OCc3ccccc3)[C@H](OCC[Si](C)(C)C)O[C@@H]2COCc2ccccc2)O[C@@H]1COCc1ccccc1. The molecule has 0 spiro atoms. The van der Waals surface area contributed by atoms with E-state index >= 15 is 0 Å². The first-order chi connectivity index (χ1) is 32.6. The second kappa shape index (κ2) is 25.7. The lowest BCUT2D eigenvalue weighted by molar-refractivity contribution is -0.373. The van der Waals surface area contributed by atoms with Gasteiger partial charge in [0, 0.05) is 21.6 Å². The van der Waals surface area contributed by atoms with Gasteiger partial charge < -0.3 is 52.5 Å². The van der Waals surface area contributed by atoms with Crippen LogP contribution in [0.2, 0.25) is 25.7 Å². The summed E-state index contributed by atoms with van der Waals surface area (Å²) in [5.41, 5.74) is 4.69. The summed E-state index contributed by atoms with van der Waals surface area (Å²) in [6.07, 6.45) is -10.2. The van der Waals surface area contributed by atoms with E-state index < -0.39 is 75.5 Å². The largest absolute Gasteiger partial charge is 0.457 e. The van der Waals surface area contributed by atoms with Gasteiger partial charge in [-0.15, -0.1) is 0 Å². The van der Waals surface area contributed by atoms with E-state index in [1.165, 1.54) is 6.92 Å². The fourth-order valence-corrected chi connectivity index (χ4v) is 8.73. The molecule has 12 nitrogen and oxygen atoms in total. The summed E-state index contributed by atoms with van der Waals surface area (Å²) in [5, 5.41) is 12.3. The minimum absolute atomic E-state index is 0.0380. The summed E-state index contributed by atoms with van der Waals surface area (Å²) in [4.78, 5) is 12.6. The van der Waals surface area contributed by atoms with Gasteiger partial charge in [-0.05, 0) is 33.9 Å². The van der Waals surface area contributed by atoms with Crippen molar-refractivity contribution >= 4 is 14.0 Å². The maximum atomic E-state index is 12.6. The van der Waals surface area contributed by atoms with Crippen molar-refractivity contribution in [2.45, 2.75) is 127 Å². The summed E-state index contributed by atoms with van der Waals surface area (Å²) in [5.74, 6) is -0.592. The third-order valence-electron chi connectivity index (χ3n) is 11.6. The highest BCUT2D eigenvalue weighted by atomic mass is 28.3. The molecule has 2 aliphatic rings. The molecule has 10 atom stereocenters. The molecule has 2 aliphatic heterocycles. The standard InChI is InChI=1S/C54H66O12Si/c1-39(55)63-48-45(37-57-32-40-20-10-5-11-21-40)65-54(50(47(48)56)60-34-42-24-14-7-15-25-42)66-49-46(38-58-33-41-22-12-6-13-23-41)64-53(59-30-31-67(2,3)4)52(62-36-44-28-18-9-19-29-44)51(49)61-35-43-26-16-8-17-27-43/h5-29,45-54,56H,30-38H2,1-4H3/t45-,46-,47+,48+,49-,50-,51+,52-,53-,54+/m1/s1. The van der Waals surface area contributed by atoms with Crippen molar-refractivity contribution in [2.75, 3.05) is 19.8 Å². The maximum Gasteiger partial charge on any atom is 0.303 e. The first kappa shape index (κ1) is 50.3. The first-order valence-electron chi connectivity index (χ1n) is 23.2. The number of aliphatic hydroxyl groups excluding tert-OH is 1. The summed E-state index contributed by atoms with van der Waals surface area (Å²) in [7, 11) is -1.53. The second-order valence-electron chi connectivity index (χ2n) is 18.2. The molecule has 2 saturated heterocycles. The number of esters is 1. The van der Waals surface area contributed by atoms with Crippen LogP contribution in [0.5, 0.6) is 0 Å². The number of hydrogen-bond donors (Lipinski definition) is 1. The molecule has 358 valence electrons. The molecule has 2 fully saturated rings. The molecule has 7 rings (SSSR count). The first-order valence-corrected chi connectivity index (χ1v) is 26.9. The zero-order valence-corrected chi connectivity index (χ0v) is 40.0. The number of hydrogen-bond acceptors (Lipinski definition) is 12. The van der Waals surface area contributed by atoms with Crippen molar-refractivity contribution in [3.63, 3.8) is 0 Å². The van der Waals surface area contributed by atoms with Gasteiger partial charge in [-0.3, -0.25) is 4.79 Å². The van der Waals surface area contributed by atoms with Crippen molar-refractivity contribution in [1.82, 2.24) is 0 Å². The van der Waals surface area contributed by atoms with Crippen molar-refractivity contribution in [3.05, 3.63) is 179 Å². The second-order valence-corrected chi connectivity index (χ2v) is 23.8. The molecule has 0 aromatic heterocycles. The van der Waals surface area contributed by atoms with E-state index in [1.54, 1.807) is 0 Å². The van der Waals surface area contributed by atoms with Crippen LogP contribution in [0.3, 0.4) is 0 Å². The number of ether oxygens (including phenoxy) is 10. The highest BCUT2D eigenvalue weighted by molar-refractivity contribution is 6.76. The third kappa shape index (κ3) is 15.7. The Hall–Kier alpha value is -4.61. The molecule has 5 aromatic carbocycles. The van der Waals surface area contributed by atoms with Crippen LogP contribution in [0.4, 0.5) is 0 Å². The Bertz CT molecular complexity index is 2150. The minimum Gasteiger partial charge on any atom is -0.457 e. The number of benzene rings is 5. The van der Waals surface area contributed by atoms with Crippen LogP contribution in [0.1, 0.15) is 34.7 Å². The molecular weight excluding hydrogens is 869 g/mol. The quantitative estimate of drug-likeness (QED) is 0.0470. The Morgan fingerprint density at radius 2 is 0.881 bits per heavy atom. The molecular formula is C54H66O12Si. The van der Waals surface area contributed by atoms with Crippen LogP contribution in [0, 0.1) is 0 Å². The van der Waals surface area contributed by atoms with Gasteiger partial charge in [0.15, 0.2) is 18.7 Å². The van der Waals surface area contributed by atoms with E-state index in [9.17, 15) is 9.90 Å². The van der Waals surface area contributed by atoms with Gasteiger partial charge >= 0.3 is 5.97 Å². The van der Waals surface area contributed by atoms with Crippen LogP contribution >= 0.6 is 0 Å². The fraction of sp³-hybridized carbons (Fsp3) is 0.426. The van der Waals surface area contributed by atoms with Crippen LogP contribution in [-0.2, 0) is 85.2 Å². The van der Waals surface area contributed by atoms with Gasteiger partial charge in [-0.1, -0.05) is 171 Å². The zero-order valence-electron chi connectivity index (χ0n) is 39.0. The van der Waals surface area contributed by atoms with Gasteiger partial charge in [0.25, 0.3) is 0 Å². The van der Waals surface area contributed by atoms with E-state index in [-0.39, 0.29) is 39.6 Å². The van der Waals surface area contributed by atoms with Gasteiger partial charge in [0.1, 0.15) is 42.7 Å². The third-order valence-corrected chi connectivity index (χ3v) is 13.3. The van der Waals surface area contributed by atoms with Gasteiger partial charge in [0.05, 0.1) is 46.2 Å². The van der Waals surface area contributed by atoms with Gasteiger partial charge in [-0.25, -0.2) is 0 Å². The number of rotatable bonds is 24. The lowest BCUT2D eigenvalue weighted by Gasteiger charge is -2.49. The summed E-state index contributed by atoms with van der Waals surface area (Å²) < 4.78 is 66.5. The highest BCUT2D eigenvalue weighted by Crippen LogP contribution is 2.36. The van der Waals surface area contributed by atoms with Gasteiger partial charge in [-0.2, -0.15) is 0 Å². The molecule has 13 heteroatoms. The van der Waals surface area contributed by atoms with Gasteiger partial charge in [0.2, 0.25) is 0 Å². The summed E-state index contributed by atoms with van der Waals surface area (Å²) in [6, 6.07) is 49.9. The Morgan fingerprint density at radius 3 is 1.31 bits per heavy atom. The van der Waals surface area contributed by atoms with Crippen molar-refractivity contribution < 1.29 is 57.3 Å². The van der Waals surface area contributed by atoms with Crippen molar-refractivity contribution in [3.8, 4) is 0 Å². The van der Waals surface area contributed by atoms with Crippen LogP contribution in [-0.4, -0.2) is 100 Å². The minimum atomic E-state index is -1.53. The average molecular weight is 935 g/mol. The number of carbonyl (C=O) groups is 1. The Morgan fingerprint density at radius 1 is 0.493 bits per heavy atom. The monoisotopic (exact) mass is 934 g/mol. The Kier molecular flexibility index (Phi) is 19.3. The van der Waals surface area contributed by atoms with Crippen LogP contribution < -0.4 is 0 Å². The maximum absolute atomic E-state index is 12.6. The number of carbonyl (C=O) groups excluding carboxylic acids is 1. The molecule has 0 saturated carbocycles. The molecule has 67 heavy (non-hydrogen) atoms. The lowest BCUT2D eigenvalue weighted by atomic mass is 9.96. The lowest BCUT2D eigenvalue weighted by Crippen LogP contribution is -2.66. The Labute approximate surface area is 396 Å². The number of aliphatic hydroxyl groups is 1. The fourth-order valence-electron chi connectivity index (χ4n) is 8.00. The predicted molar refractivity (Wildman–Crippen MR) is 255 cm³/mol. The molecule has 2 heterocycles. The molecule has 0 radical (unpaired) electrons. The van der Waals surface area contributed by atoms with Crippen molar-refractivity contribution in [2.24, 2.45) is 0 Å². The average Bonchev–Trinajstić information content (AvgIpc) is 3.33. The van der Waals surface area contributed by atoms with Crippen LogP contribution in [0.15, 0.2) is 152 Å². The van der Waals surface area contributed by atoms with E-state index in [2.05, 4.69) is 19.6 Å². The molecule has 0 unspecified atom stereocenters. The molecule has 0 aliphatic carbocycles. The highest BCUT2D eigenvalue weighted by Gasteiger charge is 2.54. The van der Waals surface area contributed by atoms with E-state index in [4.69, 9.17) is 47.4 Å². The van der Waals surface area contributed by atoms with E-state index in [0.717, 1.165) is 33.9 Å². The topological polar surface area (TPSA) is 130 Å². The molecule has 0 amide bonds. The Balaban J connectivity index is 1.26. The molecule has 0 bridgehead atoms. The smallest absolute Gasteiger partial charge is 0.303 e. The predicted octanol–water partition coefficient (Wildman–Crippen LogP) is 8.66. The summed E-state index contributed by atoms with van der Waals surface area (Å²) in [6.45, 7) is 9.82. The summed E-state index contributed by atoms with van der Waals surface area (Å²) >= 11 is 0. The normalized spacial score (nSPS) is 25.4. The van der Waals surface area contributed by atoms with Crippen molar-refractivity contribution in [1.29, 1.82) is 0 Å².